The molecule has 0 N–H and O–H groups in total. The number of aliphatic imine (C=N–C) groups is 1. The Morgan fingerprint density at radius 2 is 1.37 bits per heavy atom. The minimum atomic E-state index is -0.408. The molecule has 0 radical (unpaired) electrons. The molecule has 4 nitrogen and oxygen atoms in total. The standard InChI is InChI=1S/C23H14N2O2/c26-25(27)20-11-9-19(10-12-20)24-14-18-7-6-17-5-4-15-2-1-3-16-8-13-21(18)23(17)22(15)16/h1-14H. The molecule has 0 aliphatic heterocycles. The first-order valence-electron chi connectivity index (χ1n) is 8.66. The Bertz CT molecular complexity index is 1320. The van der Waals surface area contributed by atoms with Crippen LogP contribution in [0.15, 0.2) is 83.9 Å². The summed E-state index contributed by atoms with van der Waals surface area (Å²) in [5.41, 5.74) is 1.78. The number of nitrogens with zero attached hydrogens (tertiary/aromatic N) is 2. The summed E-state index contributed by atoms with van der Waals surface area (Å²) in [6.07, 6.45) is 1.83. The Kier molecular flexibility index (Phi) is 3.37. The molecule has 0 aromatic heterocycles. The van der Waals surface area contributed by atoms with Gasteiger partial charge in [0.2, 0.25) is 0 Å². The van der Waals surface area contributed by atoms with Gasteiger partial charge in [0, 0.05) is 23.9 Å². The summed E-state index contributed by atoms with van der Waals surface area (Å²) in [5, 5.41) is 18.1. The average molecular weight is 350 g/mol. The molecular weight excluding hydrogens is 336 g/mol. The fraction of sp³-hybridized carbons (Fsp3) is 0. The third-order valence-corrected chi connectivity index (χ3v) is 4.98. The number of benzene rings is 5. The first-order chi connectivity index (χ1) is 13.2. The van der Waals surface area contributed by atoms with Crippen LogP contribution in [0, 0.1) is 10.1 Å². The summed E-state index contributed by atoms with van der Waals surface area (Å²) in [6.45, 7) is 0. The van der Waals surface area contributed by atoms with Gasteiger partial charge < -0.3 is 0 Å². The van der Waals surface area contributed by atoms with E-state index in [4.69, 9.17) is 0 Å². The molecule has 27 heavy (non-hydrogen) atoms. The Hall–Kier alpha value is -3.79. The molecule has 5 rings (SSSR count). The van der Waals surface area contributed by atoms with Crippen molar-refractivity contribution < 1.29 is 4.92 Å². The zero-order valence-electron chi connectivity index (χ0n) is 14.3. The monoisotopic (exact) mass is 350 g/mol. The van der Waals surface area contributed by atoms with E-state index >= 15 is 0 Å². The van der Waals surface area contributed by atoms with Crippen molar-refractivity contribution in [3.05, 3.63) is 94.5 Å². The topological polar surface area (TPSA) is 55.5 Å². The van der Waals surface area contributed by atoms with E-state index in [0.29, 0.717) is 5.69 Å². The van der Waals surface area contributed by atoms with Crippen LogP contribution >= 0.6 is 0 Å². The predicted molar refractivity (Wildman–Crippen MR) is 110 cm³/mol. The molecule has 0 heterocycles. The SMILES string of the molecule is O=[N+]([O-])c1ccc(N=Cc2ccc3ccc4cccc5ccc2c3c45)cc1. The number of hydrogen-bond acceptors (Lipinski definition) is 3. The van der Waals surface area contributed by atoms with E-state index in [1.807, 2.05) is 6.21 Å². The van der Waals surface area contributed by atoms with Crippen LogP contribution in [-0.2, 0) is 0 Å². The smallest absolute Gasteiger partial charge is 0.258 e. The molecule has 0 bridgehead atoms. The summed E-state index contributed by atoms with van der Waals surface area (Å²) in [4.78, 5) is 14.9. The van der Waals surface area contributed by atoms with Gasteiger partial charge in [-0.3, -0.25) is 15.1 Å². The largest absolute Gasteiger partial charge is 0.269 e. The Labute approximate surface area is 154 Å². The molecule has 5 aromatic carbocycles. The summed E-state index contributed by atoms with van der Waals surface area (Å²) in [6, 6.07) is 25.4. The second-order valence-corrected chi connectivity index (χ2v) is 6.54. The van der Waals surface area contributed by atoms with Crippen LogP contribution < -0.4 is 0 Å². The van der Waals surface area contributed by atoms with E-state index in [0.717, 1.165) is 10.9 Å². The number of non-ortho nitro benzene ring substituents is 1. The molecule has 0 saturated heterocycles. The zero-order valence-corrected chi connectivity index (χ0v) is 14.3. The van der Waals surface area contributed by atoms with Gasteiger partial charge in [-0.1, -0.05) is 54.6 Å². The second-order valence-electron chi connectivity index (χ2n) is 6.54. The van der Waals surface area contributed by atoms with Gasteiger partial charge in [-0.25, -0.2) is 0 Å². The number of nitro groups is 1. The molecule has 0 atom stereocenters. The molecular formula is C23H14N2O2. The fourth-order valence-corrected chi connectivity index (χ4v) is 3.67. The highest BCUT2D eigenvalue weighted by molar-refractivity contribution is 6.25. The maximum Gasteiger partial charge on any atom is 0.269 e. The van der Waals surface area contributed by atoms with Gasteiger partial charge in [-0.05, 0) is 44.5 Å². The van der Waals surface area contributed by atoms with Gasteiger partial charge in [0.15, 0.2) is 0 Å². The lowest BCUT2D eigenvalue weighted by atomic mass is 9.92. The molecule has 0 fully saturated rings. The summed E-state index contributed by atoms with van der Waals surface area (Å²) in [5.74, 6) is 0. The molecule has 0 spiro atoms. The average Bonchev–Trinajstić information content (AvgIpc) is 2.71. The van der Waals surface area contributed by atoms with Crippen molar-refractivity contribution in [2.45, 2.75) is 0 Å². The van der Waals surface area contributed by atoms with Gasteiger partial charge in [0.05, 0.1) is 10.6 Å². The maximum absolute atomic E-state index is 10.8. The minimum Gasteiger partial charge on any atom is -0.258 e. The van der Waals surface area contributed by atoms with Crippen LogP contribution in [-0.4, -0.2) is 11.1 Å². The predicted octanol–water partition coefficient (Wildman–Crippen LogP) is 6.24. The maximum atomic E-state index is 10.8. The van der Waals surface area contributed by atoms with Crippen molar-refractivity contribution in [1.82, 2.24) is 0 Å². The summed E-state index contributed by atoms with van der Waals surface area (Å²) in [7, 11) is 0. The van der Waals surface area contributed by atoms with Crippen LogP contribution in [0.25, 0.3) is 32.3 Å². The molecule has 128 valence electrons. The highest BCUT2D eigenvalue weighted by Crippen LogP contribution is 2.35. The van der Waals surface area contributed by atoms with Gasteiger partial charge in [0.25, 0.3) is 5.69 Å². The summed E-state index contributed by atoms with van der Waals surface area (Å²) >= 11 is 0. The molecule has 4 heteroatoms. The van der Waals surface area contributed by atoms with Crippen molar-refractivity contribution in [1.29, 1.82) is 0 Å². The van der Waals surface area contributed by atoms with Gasteiger partial charge in [-0.15, -0.1) is 0 Å². The van der Waals surface area contributed by atoms with Gasteiger partial charge in [-0.2, -0.15) is 0 Å². The molecule has 0 amide bonds. The Morgan fingerprint density at radius 3 is 2.07 bits per heavy atom. The number of hydrogen-bond donors (Lipinski definition) is 0. The highest BCUT2D eigenvalue weighted by atomic mass is 16.6. The number of nitro benzene ring substituents is 1. The van der Waals surface area contributed by atoms with E-state index in [-0.39, 0.29) is 5.69 Å². The van der Waals surface area contributed by atoms with Crippen LogP contribution in [0.2, 0.25) is 0 Å². The van der Waals surface area contributed by atoms with Crippen LogP contribution in [0.4, 0.5) is 11.4 Å². The highest BCUT2D eigenvalue weighted by Gasteiger charge is 2.10. The molecule has 0 aliphatic carbocycles. The quantitative estimate of drug-likeness (QED) is 0.167. The van der Waals surface area contributed by atoms with Gasteiger partial charge in [0.1, 0.15) is 0 Å². The molecule has 0 unspecified atom stereocenters. The van der Waals surface area contributed by atoms with E-state index in [9.17, 15) is 10.1 Å². The Balaban J connectivity index is 1.66. The lowest BCUT2D eigenvalue weighted by Gasteiger charge is -2.12. The van der Waals surface area contributed by atoms with Crippen LogP contribution in [0.3, 0.4) is 0 Å². The lowest BCUT2D eigenvalue weighted by Crippen LogP contribution is -1.89. The third kappa shape index (κ3) is 2.50. The third-order valence-electron chi connectivity index (χ3n) is 4.98. The first kappa shape index (κ1) is 15.5. The minimum absolute atomic E-state index is 0.0664. The molecule has 0 aliphatic rings. The van der Waals surface area contributed by atoms with E-state index < -0.39 is 4.92 Å². The summed E-state index contributed by atoms with van der Waals surface area (Å²) < 4.78 is 0. The molecule has 5 aromatic rings. The molecule has 0 saturated carbocycles. The normalized spacial score (nSPS) is 11.9. The van der Waals surface area contributed by atoms with E-state index in [2.05, 4.69) is 59.6 Å². The lowest BCUT2D eigenvalue weighted by molar-refractivity contribution is -0.384. The zero-order chi connectivity index (χ0) is 18.4. The number of rotatable bonds is 3. The van der Waals surface area contributed by atoms with Crippen molar-refractivity contribution in [3.63, 3.8) is 0 Å². The fourth-order valence-electron chi connectivity index (χ4n) is 3.67. The van der Waals surface area contributed by atoms with Crippen molar-refractivity contribution in [3.8, 4) is 0 Å². The second kappa shape index (κ2) is 5.88. The first-order valence-corrected chi connectivity index (χ1v) is 8.66. The van der Waals surface area contributed by atoms with Crippen molar-refractivity contribution in [2.24, 2.45) is 4.99 Å². The van der Waals surface area contributed by atoms with Crippen molar-refractivity contribution in [2.75, 3.05) is 0 Å². The van der Waals surface area contributed by atoms with E-state index in [1.165, 1.54) is 39.1 Å². The Morgan fingerprint density at radius 1 is 0.741 bits per heavy atom. The van der Waals surface area contributed by atoms with E-state index in [1.54, 1.807) is 12.1 Å². The van der Waals surface area contributed by atoms with Gasteiger partial charge >= 0.3 is 0 Å². The van der Waals surface area contributed by atoms with Crippen LogP contribution in [0.1, 0.15) is 5.56 Å². The van der Waals surface area contributed by atoms with Crippen LogP contribution in [0.5, 0.6) is 0 Å². The van der Waals surface area contributed by atoms with Crippen molar-refractivity contribution >= 4 is 49.9 Å².